The fourth-order valence-electron chi connectivity index (χ4n) is 2.05. The molecular weight excluding hydrogens is 250 g/mol. The zero-order valence-electron chi connectivity index (χ0n) is 12.3. The van der Waals surface area contributed by atoms with Gasteiger partial charge in [-0.2, -0.15) is 5.10 Å². The molecule has 0 saturated carbocycles. The average molecular weight is 271 g/mol. The zero-order chi connectivity index (χ0) is 14.5. The van der Waals surface area contributed by atoms with E-state index in [2.05, 4.69) is 41.6 Å². The Bertz CT molecular complexity index is 572. The van der Waals surface area contributed by atoms with Crippen LogP contribution in [0.3, 0.4) is 0 Å². The van der Waals surface area contributed by atoms with E-state index in [1.54, 1.807) is 10.7 Å². The molecule has 0 bridgehead atoms. The number of carbonyl (C=O) groups excluding carboxylic acids is 1. The first-order valence-corrected chi connectivity index (χ1v) is 7.07. The molecule has 1 heterocycles. The molecule has 4 heteroatoms. The molecule has 0 spiro atoms. The van der Waals surface area contributed by atoms with Gasteiger partial charge in [0.2, 0.25) is 0 Å². The summed E-state index contributed by atoms with van der Waals surface area (Å²) in [6.45, 7) is 6.87. The number of rotatable bonds is 5. The molecule has 1 aromatic heterocycles. The predicted molar refractivity (Wildman–Crippen MR) is 79.6 cm³/mol. The lowest BCUT2D eigenvalue weighted by molar-refractivity contribution is 0.0934. The standard InChI is InChI=1S/C16H21N3O/c1-4-13-6-8-14(9-7-13)12(3)17-16(20)15-10-11-19(5-2)18-15/h6-12H,4-5H2,1-3H3,(H,17,20). The van der Waals surface area contributed by atoms with E-state index >= 15 is 0 Å². The van der Waals surface area contributed by atoms with Crippen LogP contribution >= 0.6 is 0 Å². The van der Waals surface area contributed by atoms with Crippen LogP contribution in [0.15, 0.2) is 36.5 Å². The van der Waals surface area contributed by atoms with Crippen LogP contribution in [0.1, 0.15) is 48.4 Å². The molecule has 20 heavy (non-hydrogen) atoms. The zero-order valence-corrected chi connectivity index (χ0v) is 12.3. The SMILES string of the molecule is CCc1ccc(C(C)NC(=O)c2ccn(CC)n2)cc1. The lowest BCUT2D eigenvalue weighted by Gasteiger charge is -2.13. The summed E-state index contributed by atoms with van der Waals surface area (Å²) in [5.74, 6) is -0.135. The van der Waals surface area contributed by atoms with Gasteiger partial charge in [0.05, 0.1) is 6.04 Å². The number of hydrogen-bond donors (Lipinski definition) is 1. The molecule has 0 saturated heterocycles. The van der Waals surface area contributed by atoms with Gasteiger partial charge in [-0.3, -0.25) is 9.48 Å². The highest BCUT2D eigenvalue weighted by Gasteiger charge is 2.13. The highest BCUT2D eigenvalue weighted by atomic mass is 16.2. The first-order chi connectivity index (χ1) is 9.63. The summed E-state index contributed by atoms with van der Waals surface area (Å²) in [5, 5.41) is 7.18. The third kappa shape index (κ3) is 3.26. The predicted octanol–water partition coefficient (Wildman–Crippen LogP) is 2.96. The fraction of sp³-hybridized carbons (Fsp3) is 0.375. The second-order valence-electron chi connectivity index (χ2n) is 4.85. The molecule has 0 fully saturated rings. The van der Waals surface area contributed by atoms with Gasteiger partial charge in [-0.15, -0.1) is 0 Å². The Balaban J connectivity index is 2.02. The molecular formula is C16H21N3O. The van der Waals surface area contributed by atoms with Crippen molar-refractivity contribution < 1.29 is 4.79 Å². The van der Waals surface area contributed by atoms with Crippen molar-refractivity contribution in [2.45, 2.75) is 39.8 Å². The van der Waals surface area contributed by atoms with Gasteiger partial charge < -0.3 is 5.32 Å². The van der Waals surface area contributed by atoms with E-state index in [4.69, 9.17) is 0 Å². The maximum Gasteiger partial charge on any atom is 0.272 e. The van der Waals surface area contributed by atoms with Gasteiger partial charge in [0.1, 0.15) is 5.69 Å². The molecule has 0 aliphatic heterocycles. The maximum atomic E-state index is 12.1. The minimum absolute atomic E-state index is 0.0276. The van der Waals surface area contributed by atoms with Gasteiger partial charge in [-0.25, -0.2) is 0 Å². The van der Waals surface area contributed by atoms with Crippen LogP contribution in [-0.4, -0.2) is 15.7 Å². The number of benzene rings is 1. The largest absolute Gasteiger partial charge is 0.344 e. The third-order valence-electron chi connectivity index (χ3n) is 3.43. The van der Waals surface area contributed by atoms with E-state index in [-0.39, 0.29) is 11.9 Å². The number of aryl methyl sites for hydroxylation is 2. The molecule has 0 aliphatic carbocycles. The van der Waals surface area contributed by atoms with E-state index in [1.165, 1.54) is 5.56 Å². The van der Waals surface area contributed by atoms with Crippen molar-refractivity contribution in [1.29, 1.82) is 0 Å². The Morgan fingerprint density at radius 3 is 2.50 bits per heavy atom. The van der Waals surface area contributed by atoms with Crippen molar-refractivity contribution in [2.24, 2.45) is 0 Å². The highest BCUT2D eigenvalue weighted by molar-refractivity contribution is 5.92. The Hall–Kier alpha value is -2.10. The highest BCUT2D eigenvalue weighted by Crippen LogP contribution is 2.14. The molecule has 106 valence electrons. The van der Waals surface area contributed by atoms with Gasteiger partial charge in [0, 0.05) is 12.7 Å². The van der Waals surface area contributed by atoms with Crippen LogP contribution in [0.2, 0.25) is 0 Å². The topological polar surface area (TPSA) is 46.9 Å². The molecule has 1 N–H and O–H groups in total. The van der Waals surface area contributed by atoms with Crippen molar-refractivity contribution in [2.75, 3.05) is 0 Å². The molecule has 2 rings (SSSR count). The number of carbonyl (C=O) groups is 1. The van der Waals surface area contributed by atoms with E-state index in [1.807, 2.05) is 20.0 Å². The minimum Gasteiger partial charge on any atom is -0.344 e. The molecule has 1 atom stereocenters. The fourth-order valence-corrected chi connectivity index (χ4v) is 2.05. The lowest BCUT2D eigenvalue weighted by Crippen LogP contribution is -2.27. The quantitative estimate of drug-likeness (QED) is 0.908. The van der Waals surface area contributed by atoms with Crippen LogP contribution < -0.4 is 5.32 Å². The summed E-state index contributed by atoms with van der Waals surface area (Å²) in [7, 11) is 0. The molecule has 0 aliphatic rings. The van der Waals surface area contributed by atoms with Crippen molar-refractivity contribution in [3.8, 4) is 0 Å². The third-order valence-corrected chi connectivity index (χ3v) is 3.43. The minimum atomic E-state index is -0.135. The number of nitrogens with one attached hydrogen (secondary N) is 1. The summed E-state index contributed by atoms with van der Waals surface area (Å²) in [6.07, 6.45) is 2.84. The number of amides is 1. The Morgan fingerprint density at radius 2 is 1.95 bits per heavy atom. The van der Waals surface area contributed by atoms with E-state index < -0.39 is 0 Å². The normalized spacial score (nSPS) is 12.2. The van der Waals surface area contributed by atoms with Crippen LogP contribution in [0.4, 0.5) is 0 Å². The summed E-state index contributed by atoms with van der Waals surface area (Å²) in [4.78, 5) is 12.1. The van der Waals surface area contributed by atoms with E-state index in [9.17, 15) is 4.79 Å². The van der Waals surface area contributed by atoms with Crippen LogP contribution in [0.25, 0.3) is 0 Å². The summed E-state index contributed by atoms with van der Waals surface area (Å²) in [6, 6.07) is 10.0. The molecule has 4 nitrogen and oxygen atoms in total. The van der Waals surface area contributed by atoms with Crippen molar-refractivity contribution in [3.63, 3.8) is 0 Å². The number of aromatic nitrogens is 2. The van der Waals surface area contributed by atoms with Crippen LogP contribution in [-0.2, 0) is 13.0 Å². The van der Waals surface area contributed by atoms with Crippen molar-refractivity contribution in [3.05, 3.63) is 53.3 Å². The second-order valence-corrected chi connectivity index (χ2v) is 4.85. The average Bonchev–Trinajstić information content (AvgIpc) is 2.96. The number of nitrogens with zero attached hydrogens (tertiary/aromatic N) is 2. The summed E-state index contributed by atoms with van der Waals surface area (Å²) in [5.41, 5.74) is 2.86. The second kappa shape index (κ2) is 6.37. The van der Waals surface area contributed by atoms with Crippen molar-refractivity contribution >= 4 is 5.91 Å². The van der Waals surface area contributed by atoms with Gasteiger partial charge in [0.15, 0.2) is 0 Å². The van der Waals surface area contributed by atoms with Gasteiger partial charge in [0.25, 0.3) is 5.91 Å². The monoisotopic (exact) mass is 271 g/mol. The first kappa shape index (κ1) is 14.3. The summed E-state index contributed by atoms with van der Waals surface area (Å²) >= 11 is 0. The van der Waals surface area contributed by atoms with Crippen molar-refractivity contribution in [1.82, 2.24) is 15.1 Å². The smallest absolute Gasteiger partial charge is 0.272 e. The van der Waals surface area contributed by atoms with Crippen LogP contribution in [0, 0.1) is 0 Å². The van der Waals surface area contributed by atoms with E-state index in [0.717, 1.165) is 18.5 Å². The molecule has 1 amide bonds. The summed E-state index contributed by atoms with van der Waals surface area (Å²) < 4.78 is 1.75. The Labute approximate surface area is 119 Å². The molecule has 2 aromatic rings. The molecule has 1 unspecified atom stereocenters. The van der Waals surface area contributed by atoms with Gasteiger partial charge >= 0.3 is 0 Å². The lowest BCUT2D eigenvalue weighted by atomic mass is 10.0. The Morgan fingerprint density at radius 1 is 1.25 bits per heavy atom. The van der Waals surface area contributed by atoms with E-state index in [0.29, 0.717) is 5.69 Å². The Kier molecular flexibility index (Phi) is 4.56. The maximum absolute atomic E-state index is 12.1. The molecule has 1 aromatic carbocycles. The van der Waals surface area contributed by atoms with Gasteiger partial charge in [-0.1, -0.05) is 31.2 Å². The molecule has 0 radical (unpaired) electrons. The number of hydrogen-bond acceptors (Lipinski definition) is 2. The van der Waals surface area contributed by atoms with Crippen LogP contribution in [0.5, 0.6) is 0 Å². The first-order valence-electron chi connectivity index (χ1n) is 7.07. The van der Waals surface area contributed by atoms with Gasteiger partial charge in [-0.05, 0) is 37.5 Å².